The molecule has 0 saturated heterocycles. The van der Waals surface area contributed by atoms with E-state index in [-0.39, 0.29) is 16.4 Å². The van der Waals surface area contributed by atoms with Gasteiger partial charge in [0.2, 0.25) is 0 Å². The SMILES string of the molecule is CS(=O)(=O)c1ccccc1C(=O)NCCCN1CCc2ccccc2C1. The maximum Gasteiger partial charge on any atom is 0.252 e. The third-order valence-corrected chi connectivity index (χ3v) is 5.83. The highest BCUT2D eigenvalue weighted by molar-refractivity contribution is 7.90. The second-order valence-corrected chi connectivity index (χ2v) is 8.66. The molecule has 138 valence electrons. The van der Waals surface area contributed by atoms with E-state index in [1.807, 2.05) is 0 Å². The van der Waals surface area contributed by atoms with Crippen molar-refractivity contribution >= 4 is 15.7 Å². The number of nitrogens with zero attached hydrogens (tertiary/aromatic N) is 1. The van der Waals surface area contributed by atoms with Crippen molar-refractivity contribution in [2.75, 3.05) is 25.9 Å². The van der Waals surface area contributed by atoms with Gasteiger partial charge in [0.15, 0.2) is 9.84 Å². The highest BCUT2D eigenvalue weighted by atomic mass is 32.2. The topological polar surface area (TPSA) is 66.5 Å². The van der Waals surface area contributed by atoms with Crippen molar-refractivity contribution in [3.8, 4) is 0 Å². The van der Waals surface area contributed by atoms with E-state index in [4.69, 9.17) is 0 Å². The van der Waals surface area contributed by atoms with Crippen molar-refractivity contribution in [3.63, 3.8) is 0 Å². The third kappa shape index (κ3) is 4.51. The number of carbonyl (C=O) groups is 1. The molecule has 0 spiro atoms. The first-order chi connectivity index (χ1) is 12.4. The van der Waals surface area contributed by atoms with Gasteiger partial charge in [-0.15, -0.1) is 0 Å². The van der Waals surface area contributed by atoms with Crippen molar-refractivity contribution in [1.29, 1.82) is 0 Å². The van der Waals surface area contributed by atoms with Gasteiger partial charge in [0.05, 0.1) is 10.5 Å². The number of amides is 1. The molecule has 2 aromatic rings. The lowest BCUT2D eigenvalue weighted by Gasteiger charge is -2.28. The quantitative estimate of drug-likeness (QED) is 0.790. The summed E-state index contributed by atoms with van der Waals surface area (Å²) in [6.07, 6.45) is 3.01. The summed E-state index contributed by atoms with van der Waals surface area (Å²) < 4.78 is 23.6. The van der Waals surface area contributed by atoms with Crippen LogP contribution in [0.15, 0.2) is 53.4 Å². The highest BCUT2D eigenvalue weighted by Crippen LogP contribution is 2.18. The first-order valence-corrected chi connectivity index (χ1v) is 10.7. The van der Waals surface area contributed by atoms with Gasteiger partial charge in [0.1, 0.15) is 0 Å². The predicted molar refractivity (Wildman–Crippen MR) is 102 cm³/mol. The summed E-state index contributed by atoms with van der Waals surface area (Å²) in [7, 11) is -3.42. The molecular formula is C20H24N2O3S. The van der Waals surface area contributed by atoms with Crippen LogP contribution in [0.1, 0.15) is 27.9 Å². The van der Waals surface area contributed by atoms with E-state index in [0.717, 1.165) is 38.7 Å². The van der Waals surface area contributed by atoms with Gasteiger partial charge in [-0.1, -0.05) is 36.4 Å². The van der Waals surface area contributed by atoms with Crippen LogP contribution < -0.4 is 5.32 Å². The molecule has 0 radical (unpaired) electrons. The van der Waals surface area contributed by atoms with Crippen LogP contribution in [0.2, 0.25) is 0 Å². The molecule has 26 heavy (non-hydrogen) atoms. The fourth-order valence-corrected chi connectivity index (χ4v) is 4.21. The van der Waals surface area contributed by atoms with Crippen LogP contribution in [0.3, 0.4) is 0 Å². The Morgan fingerprint density at radius 1 is 1.08 bits per heavy atom. The lowest BCUT2D eigenvalue weighted by atomic mass is 10.00. The molecule has 0 unspecified atom stereocenters. The minimum Gasteiger partial charge on any atom is -0.352 e. The number of hydrogen-bond donors (Lipinski definition) is 1. The standard InChI is InChI=1S/C20H24N2O3S/c1-26(24,25)19-10-5-4-9-18(19)20(23)21-12-6-13-22-14-11-16-7-2-3-8-17(16)15-22/h2-5,7-10H,6,11-15H2,1H3,(H,21,23). The van der Waals surface area contributed by atoms with E-state index in [1.54, 1.807) is 18.2 Å². The molecule has 1 amide bonds. The summed E-state index contributed by atoms with van der Waals surface area (Å²) in [4.78, 5) is 14.8. The first-order valence-electron chi connectivity index (χ1n) is 8.81. The van der Waals surface area contributed by atoms with Crippen LogP contribution in [-0.4, -0.2) is 45.1 Å². The molecule has 0 atom stereocenters. The Bertz CT molecular complexity index is 893. The van der Waals surface area contributed by atoms with E-state index < -0.39 is 9.84 Å². The normalized spacial score (nSPS) is 14.7. The predicted octanol–water partition coefficient (Wildman–Crippen LogP) is 2.27. The lowest BCUT2D eigenvalue weighted by molar-refractivity contribution is 0.0948. The average Bonchev–Trinajstić information content (AvgIpc) is 2.64. The van der Waals surface area contributed by atoms with Crippen LogP contribution in [-0.2, 0) is 22.8 Å². The number of sulfone groups is 1. The molecule has 1 heterocycles. The number of carbonyl (C=O) groups excluding carboxylic acids is 1. The molecular weight excluding hydrogens is 348 g/mol. The molecule has 0 aromatic heterocycles. The summed E-state index contributed by atoms with van der Waals surface area (Å²) in [5.41, 5.74) is 3.01. The van der Waals surface area contributed by atoms with Gasteiger partial charge in [-0.3, -0.25) is 9.69 Å². The minimum atomic E-state index is -3.42. The molecule has 0 fully saturated rings. The summed E-state index contributed by atoms with van der Waals surface area (Å²) in [5.74, 6) is -0.338. The Hall–Kier alpha value is -2.18. The molecule has 1 N–H and O–H groups in total. The van der Waals surface area contributed by atoms with Gasteiger partial charge in [-0.2, -0.15) is 0 Å². The van der Waals surface area contributed by atoms with Crippen LogP contribution >= 0.6 is 0 Å². The van der Waals surface area contributed by atoms with Crippen LogP contribution in [0.25, 0.3) is 0 Å². The van der Waals surface area contributed by atoms with Gasteiger partial charge in [0.25, 0.3) is 5.91 Å². The van der Waals surface area contributed by atoms with E-state index in [1.165, 1.54) is 17.2 Å². The van der Waals surface area contributed by atoms with Gasteiger partial charge in [-0.05, 0) is 36.1 Å². The maximum absolute atomic E-state index is 12.3. The molecule has 5 nitrogen and oxygen atoms in total. The fourth-order valence-electron chi connectivity index (χ4n) is 3.32. The summed E-state index contributed by atoms with van der Waals surface area (Å²) in [6, 6.07) is 14.8. The van der Waals surface area contributed by atoms with Crippen LogP contribution in [0.4, 0.5) is 0 Å². The third-order valence-electron chi connectivity index (χ3n) is 4.68. The second kappa shape index (κ2) is 8.01. The van der Waals surface area contributed by atoms with E-state index >= 15 is 0 Å². The monoisotopic (exact) mass is 372 g/mol. The highest BCUT2D eigenvalue weighted by Gasteiger charge is 2.18. The van der Waals surface area contributed by atoms with Crippen molar-refractivity contribution < 1.29 is 13.2 Å². The number of rotatable bonds is 6. The lowest BCUT2D eigenvalue weighted by Crippen LogP contribution is -2.34. The Morgan fingerprint density at radius 3 is 2.54 bits per heavy atom. The number of fused-ring (bicyclic) bond motifs is 1. The zero-order chi connectivity index (χ0) is 18.6. The van der Waals surface area contributed by atoms with Crippen molar-refractivity contribution in [3.05, 3.63) is 65.2 Å². The first kappa shape index (κ1) is 18.6. The van der Waals surface area contributed by atoms with Gasteiger partial charge >= 0.3 is 0 Å². The Kier molecular flexibility index (Phi) is 5.74. The van der Waals surface area contributed by atoms with Gasteiger partial charge in [-0.25, -0.2) is 8.42 Å². The van der Waals surface area contributed by atoms with Crippen molar-refractivity contribution in [1.82, 2.24) is 10.2 Å². The zero-order valence-electron chi connectivity index (χ0n) is 14.9. The smallest absolute Gasteiger partial charge is 0.252 e. The van der Waals surface area contributed by atoms with Gasteiger partial charge in [0, 0.05) is 32.4 Å². The number of nitrogens with one attached hydrogen (secondary N) is 1. The van der Waals surface area contributed by atoms with E-state index in [0.29, 0.717) is 6.54 Å². The van der Waals surface area contributed by atoms with Crippen LogP contribution in [0, 0.1) is 0 Å². The minimum absolute atomic E-state index is 0.0742. The molecule has 1 aliphatic rings. The van der Waals surface area contributed by atoms with Gasteiger partial charge < -0.3 is 5.32 Å². The molecule has 6 heteroatoms. The number of hydrogen-bond acceptors (Lipinski definition) is 4. The molecule has 0 saturated carbocycles. The van der Waals surface area contributed by atoms with Crippen molar-refractivity contribution in [2.45, 2.75) is 24.3 Å². The Labute approximate surface area is 154 Å². The summed E-state index contributed by atoms with van der Waals surface area (Å²) in [6.45, 7) is 3.40. The molecule has 1 aliphatic heterocycles. The van der Waals surface area contributed by atoms with Crippen molar-refractivity contribution in [2.24, 2.45) is 0 Å². The van der Waals surface area contributed by atoms with E-state index in [9.17, 15) is 13.2 Å². The fraction of sp³-hybridized carbons (Fsp3) is 0.350. The molecule has 0 aliphatic carbocycles. The van der Waals surface area contributed by atoms with E-state index in [2.05, 4.69) is 34.5 Å². The Balaban J connectivity index is 1.50. The second-order valence-electron chi connectivity index (χ2n) is 6.67. The largest absolute Gasteiger partial charge is 0.352 e. The summed E-state index contributed by atoms with van der Waals surface area (Å²) >= 11 is 0. The summed E-state index contributed by atoms with van der Waals surface area (Å²) in [5, 5.41) is 2.84. The number of benzene rings is 2. The van der Waals surface area contributed by atoms with Crippen LogP contribution in [0.5, 0.6) is 0 Å². The average molecular weight is 372 g/mol. The molecule has 2 aromatic carbocycles. The maximum atomic E-state index is 12.3. The Morgan fingerprint density at radius 2 is 1.77 bits per heavy atom. The molecule has 0 bridgehead atoms. The zero-order valence-corrected chi connectivity index (χ0v) is 15.8. The molecule has 3 rings (SSSR count).